The number of carbonyl (C=O) groups excluding carboxylic acids is 1. The lowest BCUT2D eigenvalue weighted by Crippen LogP contribution is -2.29. The SMILES string of the molecule is Cc1cccc(C(=O)NC[C@H](C)C[C@H](C)O)c1O. The minimum atomic E-state index is -0.371. The molecule has 1 aromatic rings. The molecule has 0 fully saturated rings. The van der Waals surface area contributed by atoms with Gasteiger partial charge in [0.05, 0.1) is 11.7 Å². The van der Waals surface area contributed by atoms with Gasteiger partial charge in [-0.2, -0.15) is 0 Å². The first-order chi connectivity index (χ1) is 8.41. The van der Waals surface area contributed by atoms with E-state index in [2.05, 4.69) is 5.32 Å². The van der Waals surface area contributed by atoms with E-state index in [9.17, 15) is 15.0 Å². The first-order valence-corrected chi connectivity index (χ1v) is 6.16. The minimum Gasteiger partial charge on any atom is -0.507 e. The molecular formula is C14H21NO3. The number of aliphatic hydroxyl groups is 1. The summed E-state index contributed by atoms with van der Waals surface area (Å²) in [4.78, 5) is 11.9. The van der Waals surface area contributed by atoms with Crippen LogP contribution in [0, 0.1) is 12.8 Å². The molecule has 0 aliphatic rings. The average Bonchev–Trinajstić information content (AvgIpc) is 2.29. The Morgan fingerprint density at radius 1 is 1.39 bits per heavy atom. The molecule has 0 aromatic heterocycles. The van der Waals surface area contributed by atoms with Crippen LogP contribution in [0.5, 0.6) is 5.75 Å². The fraction of sp³-hybridized carbons (Fsp3) is 0.500. The van der Waals surface area contributed by atoms with Crippen LogP contribution in [-0.2, 0) is 0 Å². The molecule has 3 N–H and O–H groups in total. The van der Waals surface area contributed by atoms with E-state index in [4.69, 9.17) is 0 Å². The number of amides is 1. The van der Waals surface area contributed by atoms with Crippen molar-refractivity contribution in [2.45, 2.75) is 33.3 Å². The molecule has 18 heavy (non-hydrogen) atoms. The number of aliphatic hydroxyl groups excluding tert-OH is 1. The summed E-state index contributed by atoms with van der Waals surface area (Å²) >= 11 is 0. The maximum atomic E-state index is 11.9. The Hall–Kier alpha value is -1.55. The molecule has 4 heteroatoms. The third kappa shape index (κ3) is 4.04. The van der Waals surface area contributed by atoms with Crippen LogP contribution in [0.4, 0.5) is 0 Å². The second-order valence-corrected chi connectivity index (χ2v) is 4.87. The number of nitrogens with one attached hydrogen (secondary N) is 1. The first kappa shape index (κ1) is 14.5. The normalized spacial score (nSPS) is 14.0. The van der Waals surface area contributed by atoms with Crippen molar-refractivity contribution in [1.82, 2.24) is 5.32 Å². The maximum Gasteiger partial charge on any atom is 0.255 e. The summed E-state index contributed by atoms with van der Waals surface area (Å²) in [5.74, 6) is -0.0623. The fourth-order valence-corrected chi connectivity index (χ4v) is 1.87. The molecule has 0 bridgehead atoms. The van der Waals surface area contributed by atoms with E-state index in [1.807, 2.05) is 6.92 Å². The van der Waals surface area contributed by atoms with Gasteiger partial charge in [0.1, 0.15) is 5.75 Å². The highest BCUT2D eigenvalue weighted by atomic mass is 16.3. The van der Waals surface area contributed by atoms with Gasteiger partial charge < -0.3 is 15.5 Å². The van der Waals surface area contributed by atoms with E-state index >= 15 is 0 Å². The van der Waals surface area contributed by atoms with Crippen LogP contribution in [0.1, 0.15) is 36.2 Å². The lowest BCUT2D eigenvalue weighted by Gasteiger charge is -2.14. The van der Waals surface area contributed by atoms with Crippen LogP contribution in [0.3, 0.4) is 0 Å². The molecule has 0 saturated heterocycles. The summed E-state index contributed by atoms with van der Waals surface area (Å²) in [6.45, 7) is 5.92. The molecule has 0 unspecified atom stereocenters. The van der Waals surface area contributed by atoms with E-state index in [1.54, 1.807) is 32.0 Å². The van der Waals surface area contributed by atoms with Gasteiger partial charge in [-0.25, -0.2) is 0 Å². The molecular weight excluding hydrogens is 230 g/mol. The molecule has 4 nitrogen and oxygen atoms in total. The van der Waals surface area contributed by atoms with Crippen LogP contribution in [0.15, 0.2) is 18.2 Å². The van der Waals surface area contributed by atoms with Crippen molar-refractivity contribution < 1.29 is 15.0 Å². The molecule has 1 amide bonds. The first-order valence-electron chi connectivity index (χ1n) is 6.16. The maximum absolute atomic E-state index is 11.9. The number of phenolic OH excluding ortho intramolecular Hbond substituents is 1. The summed E-state index contributed by atoms with van der Waals surface area (Å²) in [6.07, 6.45) is 0.268. The summed E-state index contributed by atoms with van der Waals surface area (Å²) in [5.41, 5.74) is 0.971. The van der Waals surface area contributed by atoms with Crippen molar-refractivity contribution in [3.8, 4) is 5.75 Å². The van der Waals surface area contributed by atoms with Crippen LogP contribution in [0.25, 0.3) is 0 Å². The van der Waals surface area contributed by atoms with Crippen molar-refractivity contribution in [3.05, 3.63) is 29.3 Å². The van der Waals surface area contributed by atoms with Gasteiger partial charge in [-0.05, 0) is 37.8 Å². The van der Waals surface area contributed by atoms with Gasteiger partial charge in [0.15, 0.2) is 0 Å². The number of para-hydroxylation sites is 1. The summed E-state index contributed by atoms with van der Waals surface area (Å²) < 4.78 is 0. The Bertz CT molecular complexity index is 416. The molecule has 0 heterocycles. The highest BCUT2D eigenvalue weighted by Crippen LogP contribution is 2.21. The van der Waals surface area contributed by atoms with Crippen molar-refractivity contribution in [2.75, 3.05) is 6.54 Å². The Kier molecular flexibility index (Phi) is 5.16. The Morgan fingerprint density at radius 3 is 2.67 bits per heavy atom. The van der Waals surface area contributed by atoms with Crippen LogP contribution in [-0.4, -0.2) is 28.8 Å². The molecule has 100 valence electrons. The number of aryl methyl sites for hydroxylation is 1. The number of benzene rings is 1. The second-order valence-electron chi connectivity index (χ2n) is 4.87. The van der Waals surface area contributed by atoms with E-state index in [0.717, 1.165) is 0 Å². The molecule has 1 aromatic carbocycles. The van der Waals surface area contributed by atoms with Crippen LogP contribution >= 0.6 is 0 Å². The van der Waals surface area contributed by atoms with Crippen molar-refractivity contribution in [2.24, 2.45) is 5.92 Å². The van der Waals surface area contributed by atoms with E-state index < -0.39 is 0 Å². The summed E-state index contributed by atoms with van der Waals surface area (Å²) in [6, 6.07) is 5.09. The number of phenols is 1. The van der Waals surface area contributed by atoms with Crippen molar-refractivity contribution in [3.63, 3.8) is 0 Å². The zero-order chi connectivity index (χ0) is 13.7. The van der Waals surface area contributed by atoms with E-state index in [1.165, 1.54) is 0 Å². The smallest absolute Gasteiger partial charge is 0.255 e. The lowest BCUT2D eigenvalue weighted by atomic mass is 10.0. The second kappa shape index (κ2) is 6.40. The third-order valence-corrected chi connectivity index (χ3v) is 2.84. The van der Waals surface area contributed by atoms with Gasteiger partial charge in [0, 0.05) is 6.54 Å². The van der Waals surface area contributed by atoms with Gasteiger partial charge in [-0.3, -0.25) is 4.79 Å². The van der Waals surface area contributed by atoms with E-state index in [0.29, 0.717) is 24.1 Å². The quantitative estimate of drug-likeness (QED) is 0.748. The molecule has 0 aliphatic carbocycles. The van der Waals surface area contributed by atoms with Crippen molar-refractivity contribution in [1.29, 1.82) is 0 Å². The Labute approximate surface area is 108 Å². The molecule has 0 radical (unpaired) electrons. The zero-order valence-corrected chi connectivity index (χ0v) is 11.1. The number of carbonyl (C=O) groups is 1. The molecule has 0 spiro atoms. The van der Waals surface area contributed by atoms with Gasteiger partial charge in [0.25, 0.3) is 5.91 Å². The molecule has 2 atom stereocenters. The van der Waals surface area contributed by atoms with Crippen LogP contribution < -0.4 is 5.32 Å². The predicted octanol–water partition coefficient (Wildman–Crippen LogP) is 1.84. The molecule has 0 aliphatic heterocycles. The van der Waals surface area contributed by atoms with Gasteiger partial charge in [-0.15, -0.1) is 0 Å². The number of hydrogen-bond acceptors (Lipinski definition) is 3. The molecule has 0 saturated carbocycles. The minimum absolute atomic E-state index is 0.0261. The monoisotopic (exact) mass is 251 g/mol. The molecule has 1 rings (SSSR count). The predicted molar refractivity (Wildman–Crippen MR) is 70.6 cm³/mol. The zero-order valence-electron chi connectivity index (χ0n) is 11.1. The third-order valence-electron chi connectivity index (χ3n) is 2.84. The fourth-order valence-electron chi connectivity index (χ4n) is 1.87. The van der Waals surface area contributed by atoms with E-state index in [-0.39, 0.29) is 23.7 Å². The Balaban J connectivity index is 2.58. The highest BCUT2D eigenvalue weighted by molar-refractivity contribution is 5.97. The summed E-state index contributed by atoms with van der Waals surface area (Å²) in [7, 11) is 0. The van der Waals surface area contributed by atoms with Gasteiger partial charge in [0.2, 0.25) is 0 Å². The number of aromatic hydroxyl groups is 1. The number of rotatable bonds is 5. The largest absolute Gasteiger partial charge is 0.507 e. The van der Waals surface area contributed by atoms with Crippen LogP contribution in [0.2, 0.25) is 0 Å². The number of hydrogen-bond donors (Lipinski definition) is 3. The van der Waals surface area contributed by atoms with Gasteiger partial charge in [-0.1, -0.05) is 19.1 Å². The lowest BCUT2D eigenvalue weighted by molar-refractivity contribution is 0.0936. The topological polar surface area (TPSA) is 69.6 Å². The van der Waals surface area contributed by atoms with Crippen molar-refractivity contribution >= 4 is 5.91 Å². The van der Waals surface area contributed by atoms with Gasteiger partial charge >= 0.3 is 0 Å². The highest BCUT2D eigenvalue weighted by Gasteiger charge is 2.13. The average molecular weight is 251 g/mol. The summed E-state index contributed by atoms with van der Waals surface area (Å²) in [5, 5.41) is 21.8. The Morgan fingerprint density at radius 2 is 2.06 bits per heavy atom. The standard InChI is InChI=1S/C14H21NO3/c1-9(7-11(3)16)8-15-14(18)12-6-4-5-10(2)13(12)17/h4-6,9,11,16-17H,7-8H2,1-3H3,(H,15,18)/t9-,11+/m1/s1.